The Kier molecular flexibility index (Phi) is 3.95. The molecule has 0 fully saturated rings. The van der Waals surface area contributed by atoms with E-state index in [0.717, 1.165) is 5.76 Å². The smallest absolute Gasteiger partial charge is 0.354 e. The fraction of sp³-hybridized carbons (Fsp3) is 0.0714. The zero-order valence-electron chi connectivity index (χ0n) is 10.7. The number of carbonyl (C=O) groups is 2. The van der Waals surface area contributed by atoms with Crippen LogP contribution in [0.1, 0.15) is 22.0 Å². The van der Waals surface area contributed by atoms with Gasteiger partial charge in [0.1, 0.15) is 17.3 Å². The first kappa shape index (κ1) is 13.5. The summed E-state index contributed by atoms with van der Waals surface area (Å²) in [7, 11) is 0. The van der Waals surface area contributed by atoms with Gasteiger partial charge in [-0.1, -0.05) is 6.07 Å². The molecule has 2 N–H and O–H groups in total. The molecule has 1 amide bonds. The highest BCUT2D eigenvalue weighted by Gasteiger charge is 2.06. The molecule has 0 saturated carbocycles. The highest BCUT2D eigenvalue weighted by Crippen LogP contribution is 2.09. The normalized spacial score (nSPS) is 10.7. The van der Waals surface area contributed by atoms with Gasteiger partial charge < -0.3 is 14.8 Å². The van der Waals surface area contributed by atoms with Crippen LogP contribution < -0.4 is 5.32 Å². The number of hydrogen-bond donors (Lipinski definition) is 2. The molecule has 0 spiro atoms. The number of aromatic carboxylic acids is 1. The molecular weight excluding hydrogens is 260 g/mol. The van der Waals surface area contributed by atoms with Gasteiger partial charge in [-0.25, -0.2) is 9.78 Å². The summed E-state index contributed by atoms with van der Waals surface area (Å²) in [6.07, 6.45) is 2.80. The molecular formula is C14H12N2O4. The van der Waals surface area contributed by atoms with Crippen LogP contribution in [0.5, 0.6) is 0 Å². The lowest BCUT2D eigenvalue weighted by Gasteiger charge is -2.01. The molecule has 0 aliphatic heterocycles. The number of carboxylic acid groups (broad SMARTS) is 1. The first-order valence-electron chi connectivity index (χ1n) is 5.80. The van der Waals surface area contributed by atoms with Crippen molar-refractivity contribution in [3.05, 3.63) is 53.6 Å². The van der Waals surface area contributed by atoms with E-state index >= 15 is 0 Å². The highest BCUT2D eigenvalue weighted by atomic mass is 16.4. The van der Waals surface area contributed by atoms with Crippen LogP contribution in [0, 0.1) is 6.92 Å². The van der Waals surface area contributed by atoms with E-state index in [1.807, 2.05) is 0 Å². The molecule has 2 heterocycles. The molecule has 102 valence electrons. The largest absolute Gasteiger partial charge is 0.477 e. The van der Waals surface area contributed by atoms with Crippen molar-refractivity contribution >= 4 is 23.8 Å². The van der Waals surface area contributed by atoms with Gasteiger partial charge in [0.15, 0.2) is 5.69 Å². The topological polar surface area (TPSA) is 92.4 Å². The standard InChI is InChI=1S/C14H12N2O4/c1-9-5-6-10(20-9)7-8-13(17)16-12-4-2-3-11(15-12)14(18)19/h2-8H,1H3,(H,18,19)(H,15,16,17). The van der Waals surface area contributed by atoms with Gasteiger partial charge in [0.05, 0.1) is 0 Å². The van der Waals surface area contributed by atoms with Gasteiger partial charge in [-0.3, -0.25) is 4.79 Å². The SMILES string of the molecule is Cc1ccc(C=CC(=O)Nc2cccc(C(=O)O)n2)o1. The Hall–Kier alpha value is -2.89. The summed E-state index contributed by atoms with van der Waals surface area (Å²) < 4.78 is 5.27. The number of nitrogens with zero attached hydrogens (tertiary/aromatic N) is 1. The van der Waals surface area contributed by atoms with Crippen molar-refractivity contribution in [2.45, 2.75) is 6.92 Å². The number of aryl methyl sites for hydroxylation is 1. The Morgan fingerprint density at radius 2 is 2.10 bits per heavy atom. The fourth-order valence-electron chi connectivity index (χ4n) is 1.49. The molecule has 2 aromatic rings. The predicted octanol–water partition coefficient (Wildman–Crippen LogP) is 2.33. The van der Waals surface area contributed by atoms with Crippen molar-refractivity contribution in [3.63, 3.8) is 0 Å². The molecule has 0 bridgehead atoms. The maximum absolute atomic E-state index is 11.6. The van der Waals surface area contributed by atoms with Crippen LogP contribution in [0.25, 0.3) is 6.08 Å². The molecule has 0 aliphatic rings. The van der Waals surface area contributed by atoms with E-state index in [1.54, 1.807) is 19.1 Å². The third-order valence-corrected chi connectivity index (χ3v) is 2.38. The Balaban J connectivity index is 2.02. The van der Waals surface area contributed by atoms with Gasteiger partial charge in [0, 0.05) is 6.08 Å². The van der Waals surface area contributed by atoms with E-state index in [9.17, 15) is 9.59 Å². The van der Waals surface area contributed by atoms with Crippen LogP contribution in [0.15, 0.2) is 40.8 Å². The first-order valence-corrected chi connectivity index (χ1v) is 5.80. The molecule has 2 aromatic heterocycles. The van der Waals surface area contributed by atoms with Crippen LogP contribution in [0.2, 0.25) is 0 Å². The minimum atomic E-state index is -1.15. The first-order chi connectivity index (χ1) is 9.54. The van der Waals surface area contributed by atoms with Crippen LogP contribution in [-0.4, -0.2) is 22.0 Å². The summed E-state index contributed by atoms with van der Waals surface area (Å²) in [6, 6.07) is 7.89. The Morgan fingerprint density at radius 3 is 2.75 bits per heavy atom. The van der Waals surface area contributed by atoms with E-state index < -0.39 is 11.9 Å². The van der Waals surface area contributed by atoms with Crippen molar-refractivity contribution in [2.75, 3.05) is 5.32 Å². The summed E-state index contributed by atoms with van der Waals surface area (Å²) in [6.45, 7) is 1.80. The van der Waals surface area contributed by atoms with E-state index in [4.69, 9.17) is 9.52 Å². The number of amides is 1. The number of carboxylic acids is 1. The second-order valence-corrected chi connectivity index (χ2v) is 3.98. The maximum Gasteiger partial charge on any atom is 0.354 e. The average Bonchev–Trinajstić information content (AvgIpc) is 2.82. The second kappa shape index (κ2) is 5.83. The number of pyridine rings is 1. The predicted molar refractivity (Wildman–Crippen MR) is 72.3 cm³/mol. The van der Waals surface area contributed by atoms with Crippen molar-refractivity contribution in [1.29, 1.82) is 0 Å². The Bertz CT molecular complexity index is 673. The number of nitrogens with one attached hydrogen (secondary N) is 1. The summed E-state index contributed by atoms with van der Waals surface area (Å²) in [4.78, 5) is 26.2. The summed E-state index contributed by atoms with van der Waals surface area (Å²) in [5.41, 5.74) is -0.131. The highest BCUT2D eigenvalue weighted by molar-refractivity contribution is 6.01. The third kappa shape index (κ3) is 3.55. The van der Waals surface area contributed by atoms with E-state index in [1.165, 1.54) is 30.4 Å². The second-order valence-electron chi connectivity index (χ2n) is 3.98. The van der Waals surface area contributed by atoms with E-state index in [-0.39, 0.29) is 11.5 Å². The van der Waals surface area contributed by atoms with Gasteiger partial charge in [-0.2, -0.15) is 0 Å². The molecule has 0 aliphatic carbocycles. The van der Waals surface area contributed by atoms with Crippen molar-refractivity contribution in [1.82, 2.24) is 4.98 Å². The van der Waals surface area contributed by atoms with Gasteiger partial charge in [0.25, 0.3) is 0 Å². The van der Waals surface area contributed by atoms with Crippen molar-refractivity contribution in [3.8, 4) is 0 Å². The maximum atomic E-state index is 11.6. The number of carbonyl (C=O) groups excluding carboxylic acids is 1. The average molecular weight is 272 g/mol. The molecule has 0 atom stereocenters. The summed E-state index contributed by atoms with van der Waals surface area (Å²) in [5.74, 6) is -0.0854. The van der Waals surface area contributed by atoms with Gasteiger partial charge >= 0.3 is 5.97 Å². The van der Waals surface area contributed by atoms with Crippen LogP contribution in [-0.2, 0) is 4.79 Å². The number of aromatic nitrogens is 1. The van der Waals surface area contributed by atoms with E-state index in [0.29, 0.717) is 5.76 Å². The minimum Gasteiger partial charge on any atom is -0.477 e. The molecule has 0 aromatic carbocycles. The summed E-state index contributed by atoms with van der Waals surface area (Å²) in [5, 5.41) is 11.3. The molecule has 6 heteroatoms. The van der Waals surface area contributed by atoms with Gasteiger partial charge in [-0.05, 0) is 37.3 Å². The molecule has 0 radical (unpaired) electrons. The molecule has 0 unspecified atom stereocenters. The number of furan rings is 1. The lowest BCUT2D eigenvalue weighted by atomic mass is 10.3. The van der Waals surface area contributed by atoms with Crippen LogP contribution in [0.3, 0.4) is 0 Å². The van der Waals surface area contributed by atoms with Crippen LogP contribution in [0.4, 0.5) is 5.82 Å². The van der Waals surface area contributed by atoms with Gasteiger partial charge in [-0.15, -0.1) is 0 Å². The Morgan fingerprint density at radius 1 is 1.30 bits per heavy atom. The zero-order valence-corrected chi connectivity index (χ0v) is 10.7. The van der Waals surface area contributed by atoms with Crippen LogP contribution >= 0.6 is 0 Å². The lowest BCUT2D eigenvalue weighted by molar-refractivity contribution is -0.111. The zero-order chi connectivity index (χ0) is 14.5. The van der Waals surface area contributed by atoms with Gasteiger partial charge in [0.2, 0.25) is 5.91 Å². The third-order valence-electron chi connectivity index (χ3n) is 2.38. The number of hydrogen-bond acceptors (Lipinski definition) is 4. The lowest BCUT2D eigenvalue weighted by Crippen LogP contribution is -2.11. The molecule has 0 saturated heterocycles. The Labute approximate surface area is 114 Å². The molecule has 2 rings (SSSR count). The quantitative estimate of drug-likeness (QED) is 0.833. The molecule has 20 heavy (non-hydrogen) atoms. The fourth-order valence-corrected chi connectivity index (χ4v) is 1.49. The number of rotatable bonds is 4. The van der Waals surface area contributed by atoms with Crippen molar-refractivity contribution < 1.29 is 19.1 Å². The number of anilines is 1. The summed E-state index contributed by atoms with van der Waals surface area (Å²) >= 11 is 0. The van der Waals surface area contributed by atoms with Crippen molar-refractivity contribution in [2.24, 2.45) is 0 Å². The monoisotopic (exact) mass is 272 g/mol. The van der Waals surface area contributed by atoms with E-state index in [2.05, 4.69) is 10.3 Å². The minimum absolute atomic E-state index is 0.131. The molecule has 6 nitrogen and oxygen atoms in total.